The van der Waals surface area contributed by atoms with Gasteiger partial charge >= 0.3 is 0 Å². The van der Waals surface area contributed by atoms with Crippen LogP contribution in [0.4, 0.5) is 0 Å². The zero-order chi connectivity index (χ0) is 12.2. The fraction of sp³-hybridized carbons (Fsp3) is 0.846. The molecule has 0 aromatic carbocycles. The van der Waals surface area contributed by atoms with E-state index in [4.69, 9.17) is 5.84 Å². The molecule has 3 heteroatoms. The topological polar surface area (TPSA) is 38.0 Å². The first-order chi connectivity index (χ1) is 7.70. The number of hydrogen-bond acceptors (Lipinski definition) is 3. The van der Waals surface area contributed by atoms with Crippen LogP contribution < -0.4 is 11.3 Å². The lowest BCUT2D eigenvalue weighted by atomic mass is 10.1. The molecule has 0 heterocycles. The van der Waals surface area contributed by atoms with E-state index in [0.717, 1.165) is 18.1 Å². The first kappa shape index (κ1) is 16.0. The summed E-state index contributed by atoms with van der Waals surface area (Å²) in [4.78, 5) is 0. The van der Waals surface area contributed by atoms with Crippen molar-refractivity contribution in [2.45, 2.75) is 52.0 Å². The Hall–Kier alpha value is 0.01000. The van der Waals surface area contributed by atoms with Crippen LogP contribution in [0.1, 0.15) is 46.0 Å². The number of thioether (sulfide) groups is 1. The van der Waals surface area contributed by atoms with Crippen molar-refractivity contribution in [2.24, 2.45) is 11.8 Å². The zero-order valence-electron chi connectivity index (χ0n) is 10.9. The number of unbranched alkanes of at least 4 members (excludes halogenated alkanes) is 3. The average molecular weight is 244 g/mol. The summed E-state index contributed by atoms with van der Waals surface area (Å²) in [5, 5.41) is 0. The van der Waals surface area contributed by atoms with Gasteiger partial charge < -0.3 is 0 Å². The van der Waals surface area contributed by atoms with Gasteiger partial charge in [0.2, 0.25) is 0 Å². The minimum absolute atomic E-state index is 0.479. The lowest BCUT2D eigenvalue weighted by Gasteiger charge is -2.15. The summed E-state index contributed by atoms with van der Waals surface area (Å²) in [6.45, 7) is 8.25. The van der Waals surface area contributed by atoms with Gasteiger partial charge in [0.05, 0.1) is 0 Å². The van der Waals surface area contributed by atoms with E-state index in [1.165, 1.54) is 31.4 Å². The Bertz CT molecular complexity index is 160. The van der Waals surface area contributed by atoms with E-state index in [-0.39, 0.29) is 0 Å². The van der Waals surface area contributed by atoms with Gasteiger partial charge in [0.25, 0.3) is 0 Å². The molecule has 0 aliphatic heterocycles. The van der Waals surface area contributed by atoms with Gasteiger partial charge in [-0.3, -0.25) is 11.3 Å². The molecule has 0 aromatic heterocycles. The van der Waals surface area contributed by atoms with Crippen molar-refractivity contribution in [1.29, 1.82) is 0 Å². The lowest BCUT2D eigenvalue weighted by Crippen LogP contribution is -2.37. The lowest BCUT2D eigenvalue weighted by molar-refractivity contribution is 0.503. The molecule has 0 aliphatic carbocycles. The second-order valence-corrected chi connectivity index (χ2v) is 5.80. The average Bonchev–Trinajstić information content (AvgIpc) is 2.26. The molecule has 0 aliphatic rings. The molecular weight excluding hydrogens is 216 g/mol. The fourth-order valence-electron chi connectivity index (χ4n) is 1.52. The Kier molecular flexibility index (Phi) is 11.5. The van der Waals surface area contributed by atoms with E-state index < -0.39 is 0 Å². The minimum Gasteiger partial charge on any atom is -0.271 e. The van der Waals surface area contributed by atoms with E-state index in [2.05, 4.69) is 25.9 Å². The Morgan fingerprint density at radius 1 is 1.25 bits per heavy atom. The van der Waals surface area contributed by atoms with Gasteiger partial charge in [-0.05, 0) is 30.9 Å². The molecule has 16 heavy (non-hydrogen) atoms. The van der Waals surface area contributed by atoms with Crippen LogP contribution in [-0.2, 0) is 0 Å². The van der Waals surface area contributed by atoms with E-state index in [1.807, 2.05) is 17.8 Å². The summed E-state index contributed by atoms with van der Waals surface area (Å²) in [7, 11) is 0. The van der Waals surface area contributed by atoms with Crippen molar-refractivity contribution in [1.82, 2.24) is 5.43 Å². The molecule has 1 unspecified atom stereocenters. The molecule has 0 aromatic rings. The number of nitrogens with one attached hydrogen (secondary N) is 1. The normalized spacial score (nSPS) is 13.0. The van der Waals surface area contributed by atoms with Crippen molar-refractivity contribution in [3.05, 3.63) is 12.7 Å². The maximum atomic E-state index is 5.55. The molecule has 96 valence electrons. The molecule has 0 radical (unpaired) electrons. The Morgan fingerprint density at radius 3 is 2.56 bits per heavy atom. The largest absolute Gasteiger partial charge is 0.271 e. The van der Waals surface area contributed by atoms with Crippen molar-refractivity contribution in [3.8, 4) is 0 Å². The quantitative estimate of drug-likeness (QED) is 0.253. The van der Waals surface area contributed by atoms with Gasteiger partial charge in [0, 0.05) is 11.8 Å². The smallest absolute Gasteiger partial charge is 0.0301 e. The number of hydrazine groups is 1. The monoisotopic (exact) mass is 244 g/mol. The van der Waals surface area contributed by atoms with Gasteiger partial charge in [0.1, 0.15) is 0 Å². The van der Waals surface area contributed by atoms with Crippen molar-refractivity contribution in [3.63, 3.8) is 0 Å². The summed E-state index contributed by atoms with van der Waals surface area (Å²) in [6, 6.07) is 0.479. The van der Waals surface area contributed by atoms with Gasteiger partial charge in [-0.15, -0.1) is 6.58 Å². The first-order valence-electron chi connectivity index (χ1n) is 6.35. The molecule has 0 saturated carbocycles. The molecule has 0 bridgehead atoms. The van der Waals surface area contributed by atoms with Crippen molar-refractivity contribution >= 4 is 11.8 Å². The maximum absolute atomic E-state index is 5.55. The Morgan fingerprint density at radius 2 is 2.00 bits per heavy atom. The second-order valence-electron chi connectivity index (χ2n) is 4.72. The number of nitrogens with two attached hydrogens (primary N) is 1. The van der Waals surface area contributed by atoms with E-state index in [1.54, 1.807) is 0 Å². The molecule has 2 nitrogen and oxygen atoms in total. The van der Waals surface area contributed by atoms with Crippen molar-refractivity contribution < 1.29 is 0 Å². The maximum Gasteiger partial charge on any atom is 0.0301 e. The third kappa shape index (κ3) is 10.5. The number of allylic oxidation sites excluding steroid dienone is 1. The molecule has 0 fully saturated rings. The highest BCUT2D eigenvalue weighted by Gasteiger charge is 2.06. The van der Waals surface area contributed by atoms with Crippen molar-refractivity contribution in [2.75, 3.05) is 11.5 Å². The van der Waals surface area contributed by atoms with Crippen LogP contribution >= 0.6 is 11.8 Å². The Balaban J connectivity index is 3.40. The molecule has 0 amide bonds. The third-order valence-electron chi connectivity index (χ3n) is 2.47. The van der Waals surface area contributed by atoms with Crippen LogP contribution in [-0.4, -0.2) is 17.5 Å². The second kappa shape index (κ2) is 11.5. The molecule has 0 saturated heterocycles. The molecule has 3 N–H and O–H groups in total. The first-order valence-corrected chi connectivity index (χ1v) is 7.51. The fourth-order valence-corrected chi connectivity index (χ4v) is 2.67. The third-order valence-corrected chi connectivity index (χ3v) is 4.01. The van der Waals surface area contributed by atoms with Crippen LogP contribution in [0.3, 0.4) is 0 Å². The number of rotatable bonds is 11. The predicted octanol–water partition coefficient (Wildman–Crippen LogP) is 3.34. The van der Waals surface area contributed by atoms with Gasteiger partial charge in [-0.2, -0.15) is 11.8 Å². The summed E-state index contributed by atoms with van der Waals surface area (Å²) >= 11 is 2.00. The summed E-state index contributed by atoms with van der Waals surface area (Å²) < 4.78 is 0. The van der Waals surface area contributed by atoms with Gasteiger partial charge in [0.15, 0.2) is 0 Å². The van der Waals surface area contributed by atoms with E-state index in [9.17, 15) is 0 Å². The highest BCUT2D eigenvalue weighted by atomic mass is 32.2. The standard InChI is InChI=1S/C13H28N2S/c1-4-5-6-7-8-9-13(15-14)11-16-10-12(2)3/h4,12-13,15H,1,5-11,14H2,2-3H3. The summed E-state index contributed by atoms with van der Waals surface area (Å²) in [6.07, 6.45) is 8.16. The van der Waals surface area contributed by atoms with E-state index in [0.29, 0.717) is 6.04 Å². The summed E-state index contributed by atoms with van der Waals surface area (Å²) in [5.41, 5.74) is 2.93. The zero-order valence-corrected chi connectivity index (χ0v) is 11.7. The van der Waals surface area contributed by atoms with Crippen LogP contribution in [0.15, 0.2) is 12.7 Å². The van der Waals surface area contributed by atoms with Crippen LogP contribution in [0, 0.1) is 5.92 Å². The minimum atomic E-state index is 0.479. The predicted molar refractivity (Wildman–Crippen MR) is 76.6 cm³/mol. The van der Waals surface area contributed by atoms with Crippen LogP contribution in [0.5, 0.6) is 0 Å². The molecular formula is C13H28N2S. The molecule has 0 rings (SSSR count). The highest BCUT2D eigenvalue weighted by molar-refractivity contribution is 7.99. The van der Waals surface area contributed by atoms with Gasteiger partial charge in [-0.25, -0.2) is 0 Å². The van der Waals surface area contributed by atoms with Crippen LogP contribution in [0.25, 0.3) is 0 Å². The number of hydrogen-bond donors (Lipinski definition) is 2. The summed E-state index contributed by atoms with van der Waals surface area (Å²) in [5.74, 6) is 8.69. The Labute approximate surface area is 105 Å². The SMILES string of the molecule is C=CCCCCCC(CSCC(C)C)NN. The van der Waals surface area contributed by atoms with E-state index >= 15 is 0 Å². The molecule has 1 atom stereocenters. The molecule has 0 spiro atoms. The highest BCUT2D eigenvalue weighted by Crippen LogP contribution is 2.13. The van der Waals surface area contributed by atoms with Crippen LogP contribution in [0.2, 0.25) is 0 Å². The van der Waals surface area contributed by atoms with Gasteiger partial charge in [-0.1, -0.05) is 32.8 Å².